The molecule has 7 heteroatoms. The summed E-state index contributed by atoms with van der Waals surface area (Å²) in [5.41, 5.74) is 0.350. The van der Waals surface area contributed by atoms with Crippen molar-refractivity contribution in [3.8, 4) is 0 Å². The lowest BCUT2D eigenvalue weighted by molar-refractivity contribution is -0.384. The summed E-state index contributed by atoms with van der Waals surface area (Å²) in [6, 6.07) is 1.54. The molecule has 1 heterocycles. The van der Waals surface area contributed by atoms with Crippen LogP contribution in [0.5, 0.6) is 0 Å². The number of carbonyl (C=O) groups is 1. The lowest BCUT2D eigenvalue weighted by atomic mass is 10.3. The molecule has 0 aliphatic rings. The second-order valence-corrected chi connectivity index (χ2v) is 3.60. The Morgan fingerprint density at radius 3 is 2.94 bits per heavy atom. The van der Waals surface area contributed by atoms with Gasteiger partial charge in [0.05, 0.1) is 18.0 Å². The highest BCUT2D eigenvalue weighted by Crippen LogP contribution is 2.25. The van der Waals surface area contributed by atoms with E-state index in [4.69, 9.17) is 4.74 Å². The Balaban J connectivity index is 2.69. The number of anilines is 1. The highest BCUT2D eigenvalue weighted by Gasteiger charge is 2.17. The number of carbonyl (C=O) groups excluding carboxylic acids is 1. The number of nitrogens with zero attached hydrogens (tertiary/aromatic N) is 3. The Hall–Kier alpha value is -2.18. The standard InChI is InChI=1S/C11H15N3O4/c1-3-18-11(15)5-7-13(2)9-4-6-12-8-10(9)14(16)17/h4,6,8H,3,5,7H2,1-2H3. The van der Waals surface area contributed by atoms with E-state index >= 15 is 0 Å². The van der Waals surface area contributed by atoms with Crippen LogP contribution in [0.15, 0.2) is 18.5 Å². The van der Waals surface area contributed by atoms with Gasteiger partial charge in [-0.25, -0.2) is 0 Å². The molecule has 0 aliphatic heterocycles. The van der Waals surface area contributed by atoms with Gasteiger partial charge in [-0.05, 0) is 13.0 Å². The number of nitro groups is 1. The third-order valence-corrected chi connectivity index (χ3v) is 2.34. The zero-order valence-electron chi connectivity index (χ0n) is 10.3. The largest absolute Gasteiger partial charge is 0.466 e. The Labute approximate surface area is 105 Å². The Kier molecular flexibility index (Phi) is 5.04. The van der Waals surface area contributed by atoms with Crippen molar-refractivity contribution in [1.29, 1.82) is 0 Å². The predicted octanol–water partition coefficient (Wildman–Crippen LogP) is 1.38. The van der Waals surface area contributed by atoms with Gasteiger partial charge >= 0.3 is 11.7 Å². The summed E-state index contributed by atoms with van der Waals surface area (Å²) in [4.78, 5) is 26.9. The van der Waals surface area contributed by atoms with Gasteiger partial charge in [0, 0.05) is 19.8 Å². The van der Waals surface area contributed by atoms with Crippen molar-refractivity contribution >= 4 is 17.3 Å². The SMILES string of the molecule is CCOC(=O)CCN(C)c1ccncc1[N+](=O)[O-]. The van der Waals surface area contributed by atoms with Crippen LogP contribution in [0.2, 0.25) is 0 Å². The molecule has 0 amide bonds. The molecule has 1 rings (SSSR count). The molecule has 18 heavy (non-hydrogen) atoms. The van der Waals surface area contributed by atoms with E-state index in [0.717, 1.165) is 0 Å². The van der Waals surface area contributed by atoms with Crippen LogP contribution in [-0.4, -0.2) is 36.1 Å². The lowest BCUT2D eigenvalue weighted by Crippen LogP contribution is -2.22. The van der Waals surface area contributed by atoms with Gasteiger partial charge in [0.25, 0.3) is 0 Å². The summed E-state index contributed by atoms with van der Waals surface area (Å²) in [5, 5.41) is 10.8. The zero-order valence-corrected chi connectivity index (χ0v) is 10.3. The average molecular weight is 253 g/mol. The third kappa shape index (κ3) is 3.69. The molecule has 0 saturated carbocycles. The monoisotopic (exact) mass is 253 g/mol. The Morgan fingerprint density at radius 1 is 1.61 bits per heavy atom. The number of hydrogen-bond acceptors (Lipinski definition) is 6. The number of pyridine rings is 1. The summed E-state index contributed by atoms with van der Waals surface area (Å²) in [5.74, 6) is -0.318. The molecule has 0 saturated heterocycles. The van der Waals surface area contributed by atoms with Crippen molar-refractivity contribution in [3.05, 3.63) is 28.6 Å². The fourth-order valence-corrected chi connectivity index (χ4v) is 1.45. The van der Waals surface area contributed by atoms with Crippen molar-refractivity contribution in [1.82, 2.24) is 4.98 Å². The van der Waals surface area contributed by atoms with Gasteiger partial charge in [-0.15, -0.1) is 0 Å². The minimum absolute atomic E-state index is 0.0798. The van der Waals surface area contributed by atoms with E-state index in [9.17, 15) is 14.9 Å². The van der Waals surface area contributed by atoms with Gasteiger partial charge in [0.15, 0.2) is 0 Å². The van der Waals surface area contributed by atoms with Crippen LogP contribution in [0.1, 0.15) is 13.3 Å². The van der Waals surface area contributed by atoms with Crippen molar-refractivity contribution in [2.75, 3.05) is 25.1 Å². The van der Waals surface area contributed by atoms with E-state index < -0.39 is 4.92 Å². The number of esters is 1. The van der Waals surface area contributed by atoms with Crippen molar-refractivity contribution < 1.29 is 14.5 Å². The van der Waals surface area contributed by atoms with Crippen LogP contribution >= 0.6 is 0 Å². The van der Waals surface area contributed by atoms with Crippen LogP contribution in [0.25, 0.3) is 0 Å². The van der Waals surface area contributed by atoms with Crippen molar-refractivity contribution in [3.63, 3.8) is 0 Å². The second kappa shape index (κ2) is 6.53. The minimum Gasteiger partial charge on any atom is -0.466 e. The van der Waals surface area contributed by atoms with Crippen molar-refractivity contribution in [2.24, 2.45) is 0 Å². The van der Waals surface area contributed by atoms with Gasteiger partial charge in [0.2, 0.25) is 0 Å². The topological polar surface area (TPSA) is 85.6 Å². The fourth-order valence-electron chi connectivity index (χ4n) is 1.45. The number of hydrogen-bond donors (Lipinski definition) is 0. The molecule has 1 aromatic rings. The molecule has 1 aromatic heterocycles. The second-order valence-electron chi connectivity index (χ2n) is 3.60. The molecule has 0 aliphatic carbocycles. The van der Waals surface area contributed by atoms with Gasteiger partial charge in [0.1, 0.15) is 11.9 Å². The summed E-state index contributed by atoms with van der Waals surface area (Å²) < 4.78 is 4.79. The quantitative estimate of drug-likeness (QED) is 0.432. The van der Waals surface area contributed by atoms with Crippen LogP contribution in [0.3, 0.4) is 0 Å². The maximum absolute atomic E-state index is 11.2. The smallest absolute Gasteiger partial charge is 0.310 e. The van der Waals surface area contributed by atoms with Crippen LogP contribution in [0.4, 0.5) is 11.4 Å². The van der Waals surface area contributed by atoms with Crippen LogP contribution in [0, 0.1) is 10.1 Å². The first-order valence-electron chi connectivity index (χ1n) is 5.51. The number of rotatable bonds is 6. The molecule has 0 aromatic carbocycles. The molecule has 98 valence electrons. The summed E-state index contributed by atoms with van der Waals surface area (Å²) in [7, 11) is 1.68. The van der Waals surface area contributed by atoms with E-state index in [-0.39, 0.29) is 18.1 Å². The molecule has 7 nitrogen and oxygen atoms in total. The molecule has 0 fully saturated rings. The number of ether oxygens (including phenoxy) is 1. The molecule has 0 radical (unpaired) electrons. The van der Waals surface area contributed by atoms with Gasteiger partial charge < -0.3 is 9.64 Å². The first-order valence-corrected chi connectivity index (χ1v) is 5.51. The van der Waals surface area contributed by atoms with Crippen LogP contribution in [-0.2, 0) is 9.53 Å². The maximum Gasteiger partial charge on any atom is 0.310 e. The Bertz CT molecular complexity index is 436. The van der Waals surface area contributed by atoms with E-state index in [1.807, 2.05) is 0 Å². The van der Waals surface area contributed by atoms with Gasteiger partial charge in [-0.2, -0.15) is 0 Å². The fraction of sp³-hybridized carbons (Fsp3) is 0.455. The molecule has 0 spiro atoms. The first kappa shape index (κ1) is 13.9. The molecule has 0 unspecified atom stereocenters. The summed E-state index contributed by atoms with van der Waals surface area (Å²) in [6.45, 7) is 2.41. The Morgan fingerprint density at radius 2 is 2.33 bits per heavy atom. The molecule has 0 bridgehead atoms. The lowest BCUT2D eigenvalue weighted by Gasteiger charge is -2.18. The molecular weight excluding hydrogens is 238 g/mol. The summed E-state index contributed by atoms with van der Waals surface area (Å²) >= 11 is 0. The maximum atomic E-state index is 11.2. The first-order chi connectivity index (χ1) is 8.56. The van der Waals surface area contributed by atoms with E-state index in [1.54, 1.807) is 24.9 Å². The third-order valence-electron chi connectivity index (χ3n) is 2.34. The minimum atomic E-state index is -0.497. The molecule has 0 N–H and O–H groups in total. The zero-order chi connectivity index (χ0) is 13.5. The number of aromatic nitrogens is 1. The van der Waals surface area contributed by atoms with E-state index in [2.05, 4.69) is 4.98 Å². The highest BCUT2D eigenvalue weighted by molar-refractivity contribution is 5.70. The van der Waals surface area contributed by atoms with E-state index in [0.29, 0.717) is 18.8 Å². The van der Waals surface area contributed by atoms with Gasteiger partial charge in [-0.3, -0.25) is 19.9 Å². The van der Waals surface area contributed by atoms with Crippen LogP contribution < -0.4 is 4.90 Å². The summed E-state index contributed by atoms with van der Waals surface area (Å²) in [6.07, 6.45) is 2.85. The molecule has 0 atom stereocenters. The average Bonchev–Trinajstić information content (AvgIpc) is 2.36. The van der Waals surface area contributed by atoms with Gasteiger partial charge in [-0.1, -0.05) is 0 Å². The predicted molar refractivity (Wildman–Crippen MR) is 65.4 cm³/mol. The highest BCUT2D eigenvalue weighted by atomic mass is 16.6. The van der Waals surface area contributed by atoms with Crippen molar-refractivity contribution in [2.45, 2.75) is 13.3 Å². The van der Waals surface area contributed by atoms with E-state index in [1.165, 1.54) is 12.4 Å². The molecular formula is C11H15N3O4. The normalized spacial score (nSPS) is 9.89.